The van der Waals surface area contributed by atoms with E-state index in [2.05, 4.69) is 64.7 Å². The van der Waals surface area contributed by atoms with E-state index in [9.17, 15) is 9.59 Å². The summed E-state index contributed by atoms with van der Waals surface area (Å²) in [5.41, 5.74) is 12.3. The Morgan fingerprint density at radius 3 is 2.43 bits per heavy atom. The number of ether oxygens (including phenoxy) is 1. The molecule has 0 spiro atoms. The van der Waals surface area contributed by atoms with E-state index in [1.54, 1.807) is 0 Å². The van der Waals surface area contributed by atoms with Gasteiger partial charge in [0.1, 0.15) is 0 Å². The molecule has 0 radical (unpaired) electrons. The predicted molar refractivity (Wildman–Crippen MR) is 169 cm³/mol. The molecule has 0 bridgehead atoms. The summed E-state index contributed by atoms with van der Waals surface area (Å²) < 4.78 is 5.50. The first-order valence-corrected chi connectivity index (χ1v) is 15.8. The van der Waals surface area contributed by atoms with E-state index in [-0.39, 0.29) is 35.7 Å². The van der Waals surface area contributed by atoms with Crippen molar-refractivity contribution in [2.24, 2.45) is 17.6 Å². The fourth-order valence-corrected chi connectivity index (χ4v) is 6.95. The molecule has 4 N–H and O–H groups in total. The minimum Gasteiger partial charge on any atom is -0.379 e. The second-order valence-electron chi connectivity index (χ2n) is 12.9. The molecule has 3 unspecified atom stereocenters. The van der Waals surface area contributed by atoms with E-state index >= 15 is 0 Å². The van der Waals surface area contributed by atoms with Gasteiger partial charge in [-0.3, -0.25) is 14.5 Å². The van der Waals surface area contributed by atoms with E-state index in [0.717, 1.165) is 87.3 Å². The summed E-state index contributed by atoms with van der Waals surface area (Å²) in [5, 5.41) is 6.16. The van der Waals surface area contributed by atoms with Crippen molar-refractivity contribution in [2.45, 2.75) is 77.5 Å². The highest BCUT2D eigenvalue weighted by molar-refractivity contribution is 5.99. The Morgan fingerprint density at radius 2 is 1.76 bits per heavy atom. The number of amides is 2. The fourth-order valence-electron chi connectivity index (χ4n) is 6.95. The molecule has 2 aromatic rings. The monoisotopic (exact) mass is 575 g/mol. The van der Waals surface area contributed by atoms with E-state index in [1.807, 2.05) is 19.9 Å². The number of nitrogens with two attached hydrogens (primary N) is 1. The number of benzene rings is 2. The number of nitrogens with one attached hydrogen (secondary N) is 2. The van der Waals surface area contributed by atoms with Gasteiger partial charge in [0.25, 0.3) is 5.91 Å². The lowest BCUT2D eigenvalue weighted by Crippen LogP contribution is -2.50. The summed E-state index contributed by atoms with van der Waals surface area (Å²) in [6.45, 7) is 10.9. The van der Waals surface area contributed by atoms with Crippen LogP contribution in [0.1, 0.15) is 67.4 Å². The van der Waals surface area contributed by atoms with Crippen molar-refractivity contribution in [3.8, 4) is 11.1 Å². The van der Waals surface area contributed by atoms with Crippen LogP contribution in [0.25, 0.3) is 11.1 Å². The van der Waals surface area contributed by atoms with Gasteiger partial charge in [-0.05, 0) is 86.3 Å². The number of nitrogens with zero attached hydrogens (tertiary/aromatic N) is 2. The Kier molecular flexibility index (Phi) is 9.86. The van der Waals surface area contributed by atoms with Gasteiger partial charge in [-0.15, -0.1) is 0 Å². The molecule has 5 rings (SSSR count). The molecule has 2 aromatic carbocycles. The Balaban J connectivity index is 1.40. The maximum Gasteiger partial charge on any atom is 0.251 e. The van der Waals surface area contributed by atoms with Crippen molar-refractivity contribution in [2.75, 3.05) is 44.8 Å². The topological polar surface area (TPSA) is 99.9 Å². The predicted octanol–water partition coefficient (Wildman–Crippen LogP) is 4.09. The first kappa shape index (κ1) is 30.5. The number of hydrogen-bond donors (Lipinski definition) is 3. The Labute approximate surface area is 251 Å². The summed E-state index contributed by atoms with van der Waals surface area (Å²) in [6.07, 6.45) is 5.05. The fraction of sp³-hybridized carbons (Fsp3) is 0.588. The first-order chi connectivity index (χ1) is 20.2. The lowest BCUT2D eigenvalue weighted by Gasteiger charge is -2.36. The first-order valence-electron chi connectivity index (χ1n) is 15.8. The molecule has 0 aromatic heterocycles. The van der Waals surface area contributed by atoms with Gasteiger partial charge in [0.2, 0.25) is 5.91 Å². The smallest absolute Gasteiger partial charge is 0.251 e. The van der Waals surface area contributed by atoms with Gasteiger partial charge in [-0.25, -0.2) is 0 Å². The van der Waals surface area contributed by atoms with Crippen LogP contribution in [0.2, 0.25) is 0 Å². The summed E-state index contributed by atoms with van der Waals surface area (Å²) in [7, 11) is 2.15. The molecule has 2 saturated heterocycles. The molecule has 1 saturated carbocycles. The quantitative estimate of drug-likeness (QED) is 0.439. The Hall–Kier alpha value is -2.94. The van der Waals surface area contributed by atoms with Crippen LogP contribution in [0.5, 0.6) is 0 Å². The highest BCUT2D eigenvalue weighted by Crippen LogP contribution is 2.34. The van der Waals surface area contributed by atoms with Crippen molar-refractivity contribution in [1.29, 1.82) is 0 Å². The normalized spacial score (nSPS) is 26.9. The minimum absolute atomic E-state index is 0.0279. The van der Waals surface area contributed by atoms with Crippen LogP contribution in [0.15, 0.2) is 36.4 Å². The van der Waals surface area contributed by atoms with Crippen LogP contribution in [0.3, 0.4) is 0 Å². The molecule has 1 aliphatic carbocycles. The summed E-state index contributed by atoms with van der Waals surface area (Å²) in [6, 6.07) is 13.8. The second-order valence-corrected chi connectivity index (χ2v) is 12.9. The van der Waals surface area contributed by atoms with Crippen LogP contribution >= 0.6 is 0 Å². The maximum atomic E-state index is 13.7. The number of carbonyl (C=O) groups excluding carboxylic acids is 2. The van der Waals surface area contributed by atoms with E-state index in [0.29, 0.717) is 18.2 Å². The average molecular weight is 576 g/mol. The Morgan fingerprint density at radius 1 is 1.07 bits per heavy atom. The molecular formula is C34H49N5O3. The third-order valence-electron chi connectivity index (χ3n) is 9.71. The van der Waals surface area contributed by atoms with Gasteiger partial charge in [0.15, 0.2) is 0 Å². The van der Waals surface area contributed by atoms with Crippen molar-refractivity contribution < 1.29 is 14.3 Å². The molecule has 2 heterocycles. The second kappa shape index (κ2) is 13.6. The van der Waals surface area contributed by atoms with Gasteiger partial charge in [0.05, 0.1) is 19.1 Å². The standard InChI is InChI=1S/C34H49N5O3/c1-22-17-23(2)37-34(41)31(22)20-36-33(40)30-18-27(19-32(24(30)3)38(4)29-11-9-28(35)10-12-29)26-7-5-25(6-8-26)21-39-13-15-42-16-14-39/h5-8,18-19,22-23,28-29,31H,9-17,20-21,35H2,1-4H3,(H,36,40)(H,37,41)/t22?,23?,28-,29-,31?. The van der Waals surface area contributed by atoms with Crippen molar-refractivity contribution in [3.05, 3.63) is 53.1 Å². The molecule has 3 fully saturated rings. The number of hydrogen-bond acceptors (Lipinski definition) is 6. The van der Waals surface area contributed by atoms with Gasteiger partial charge in [-0.1, -0.05) is 31.2 Å². The molecule has 3 aliphatic rings. The molecule has 42 heavy (non-hydrogen) atoms. The largest absolute Gasteiger partial charge is 0.379 e. The molecule has 3 atom stereocenters. The molecule has 2 amide bonds. The van der Waals surface area contributed by atoms with Gasteiger partial charge in [-0.2, -0.15) is 0 Å². The van der Waals surface area contributed by atoms with Crippen LogP contribution in [0.4, 0.5) is 5.69 Å². The van der Waals surface area contributed by atoms with Gasteiger partial charge < -0.3 is 26.0 Å². The van der Waals surface area contributed by atoms with Gasteiger partial charge >= 0.3 is 0 Å². The lowest BCUT2D eigenvalue weighted by atomic mass is 9.84. The number of anilines is 1. The summed E-state index contributed by atoms with van der Waals surface area (Å²) in [5.74, 6) is -0.101. The summed E-state index contributed by atoms with van der Waals surface area (Å²) in [4.78, 5) is 31.2. The molecule has 2 aliphatic heterocycles. The minimum atomic E-state index is -0.221. The third-order valence-corrected chi connectivity index (χ3v) is 9.71. The lowest BCUT2D eigenvalue weighted by molar-refractivity contribution is -0.129. The van der Waals surface area contributed by atoms with Crippen LogP contribution in [-0.4, -0.2) is 74.7 Å². The van der Waals surface area contributed by atoms with E-state index in [4.69, 9.17) is 10.5 Å². The number of carbonyl (C=O) groups is 2. The molecule has 8 nitrogen and oxygen atoms in total. The zero-order valence-electron chi connectivity index (χ0n) is 25.8. The van der Waals surface area contributed by atoms with Crippen LogP contribution in [-0.2, 0) is 16.1 Å². The zero-order valence-corrected chi connectivity index (χ0v) is 25.8. The number of rotatable bonds is 8. The van der Waals surface area contributed by atoms with Crippen molar-refractivity contribution >= 4 is 17.5 Å². The maximum absolute atomic E-state index is 13.7. The average Bonchev–Trinajstić information content (AvgIpc) is 2.97. The van der Waals surface area contributed by atoms with E-state index < -0.39 is 0 Å². The van der Waals surface area contributed by atoms with Crippen molar-refractivity contribution in [3.63, 3.8) is 0 Å². The van der Waals surface area contributed by atoms with Crippen molar-refractivity contribution in [1.82, 2.24) is 15.5 Å². The highest BCUT2D eigenvalue weighted by Gasteiger charge is 2.33. The Bertz CT molecular complexity index is 1230. The SMILES string of the molecule is Cc1c(C(=O)NCC2C(=O)NC(C)CC2C)cc(-c2ccc(CN3CCOCC3)cc2)cc1N(C)[C@H]1CC[C@H](N)CC1. The molecule has 228 valence electrons. The summed E-state index contributed by atoms with van der Waals surface area (Å²) >= 11 is 0. The molecular weight excluding hydrogens is 526 g/mol. The van der Waals surface area contributed by atoms with E-state index in [1.165, 1.54) is 5.56 Å². The van der Waals surface area contributed by atoms with Crippen LogP contribution in [0, 0.1) is 18.8 Å². The number of morpholine rings is 1. The van der Waals surface area contributed by atoms with Crippen LogP contribution < -0.4 is 21.3 Å². The molecule has 8 heteroatoms. The third kappa shape index (κ3) is 7.16. The zero-order chi connectivity index (χ0) is 29.8. The highest BCUT2D eigenvalue weighted by atomic mass is 16.5. The number of piperidine rings is 1. The van der Waals surface area contributed by atoms with Gasteiger partial charge in [0, 0.05) is 62.6 Å².